The fourth-order valence-corrected chi connectivity index (χ4v) is 0.722. The lowest BCUT2D eigenvalue weighted by atomic mass is 10.2. The maximum absolute atomic E-state index is 8.09. The summed E-state index contributed by atoms with van der Waals surface area (Å²) in [6, 6.07) is 2.09. The zero-order chi connectivity index (χ0) is 6.24. The van der Waals surface area contributed by atoms with Gasteiger partial charge in [0.05, 0.1) is 6.07 Å². The highest BCUT2D eigenvalue weighted by atomic mass is 127. The fraction of sp³-hybridized carbons (Fsp3) is 0.500. The van der Waals surface area contributed by atoms with E-state index >= 15 is 0 Å². The van der Waals surface area contributed by atoms with Gasteiger partial charge in [-0.1, -0.05) is 28.7 Å². The molecule has 0 aliphatic heterocycles. The number of nitriles is 1. The zero-order valence-electron chi connectivity index (χ0n) is 4.60. The number of halogens is 1. The van der Waals surface area contributed by atoms with Crippen molar-refractivity contribution < 1.29 is 0 Å². The van der Waals surface area contributed by atoms with Gasteiger partial charge in [0.1, 0.15) is 0 Å². The highest BCUT2D eigenvalue weighted by Crippen LogP contribution is 1.96. The number of rotatable bonds is 3. The predicted molar refractivity (Wildman–Crippen MR) is 42.6 cm³/mol. The lowest BCUT2D eigenvalue weighted by molar-refractivity contribution is 0.878. The Morgan fingerprint density at radius 3 is 2.88 bits per heavy atom. The highest BCUT2D eigenvalue weighted by molar-refractivity contribution is 14.1. The van der Waals surface area contributed by atoms with Gasteiger partial charge in [0.15, 0.2) is 0 Å². The molecule has 2 heteroatoms. The summed E-state index contributed by atoms with van der Waals surface area (Å²) in [6.07, 6.45) is 4.78. The van der Waals surface area contributed by atoms with Gasteiger partial charge in [-0.3, -0.25) is 0 Å². The van der Waals surface area contributed by atoms with Crippen molar-refractivity contribution in [2.45, 2.75) is 19.3 Å². The molecule has 0 amide bonds. The minimum absolute atomic E-state index is 0.682. The van der Waals surface area contributed by atoms with Gasteiger partial charge in [-0.05, 0) is 16.9 Å². The maximum Gasteiger partial charge on any atom is 0.0621 e. The van der Waals surface area contributed by atoms with E-state index in [9.17, 15) is 0 Å². The average Bonchev–Trinajstić information content (AvgIpc) is 1.81. The van der Waals surface area contributed by atoms with Crippen molar-refractivity contribution in [3.8, 4) is 6.07 Å². The third-order valence-corrected chi connectivity index (χ3v) is 1.26. The van der Waals surface area contributed by atoms with E-state index in [1.807, 2.05) is 4.08 Å². The second-order valence-corrected chi connectivity index (χ2v) is 2.13. The molecule has 0 aromatic rings. The molecule has 0 N–H and O–H groups in total. The van der Waals surface area contributed by atoms with Crippen LogP contribution in [0.5, 0.6) is 0 Å². The van der Waals surface area contributed by atoms with Crippen molar-refractivity contribution in [3.05, 3.63) is 10.2 Å². The Hall–Kier alpha value is -0.0400. The first kappa shape index (κ1) is 7.96. The number of hydrogen-bond acceptors (Lipinski definition) is 1. The number of allylic oxidation sites excluding steroid dienone is 1. The second kappa shape index (κ2) is 6.96. The third-order valence-electron chi connectivity index (χ3n) is 0.748. The molecule has 0 bridgehead atoms. The molecule has 0 aromatic heterocycles. The molecule has 0 saturated heterocycles. The highest BCUT2D eigenvalue weighted by Gasteiger charge is 1.78. The number of hydrogen-bond donors (Lipinski definition) is 0. The minimum atomic E-state index is 0.682. The standard InChI is InChI=1S/C6H8IN/c7-5-3-1-2-4-6-8/h3,5H,1-2,4H2/b5-3+. The van der Waals surface area contributed by atoms with Gasteiger partial charge < -0.3 is 0 Å². The number of unbranched alkanes of at least 4 members (excludes halogenated alkanes) is 2. The van der Waals surface area contributed by atoms with Gasteiger partial charge in [0.25, 0.3) is 0 Å². The van der Waals surface area contributed by atoms with Gasteiger partial charge in [-0.25, -0.2) is 0 Å². The summed E-state index contributed by atoms with van der Waals surface area (Å²) in [5.41, 5.74) is 0. The van der Waals surface area contributed by atoms with Gasteiger partial charge in [-0.15, -0.1) is 0 Å². The van der Waals surface area contributed by atoms with Crippen LogP contribution in [0.3, 0.4) is 0 Å². The van der Waals surface area contributed by atoms with Crippen LogP contribution in [-0.4, -0.2) is 0 Å². The van der Waals surface area contributed by atoms with E-state index in [0.29, 0.717) is 6.42 Å². The van der Waals surface area contributed by atoms with Crippen LogP contribution in [0.25, 0.3) is 0 Å². The summed E-state index contributed by atoms with van der Waals surface area (Å²) >= 11 is 2.18. The molecule has 0 aromatic carbocycles. The molecule has 0 saturated carbocycles. The summed E-state index contributed by atoms with van der Waals surface area (Å²) in [4.78, 5) is 0. The van der Waals surface area contributed by atoms with Crippen LogP contribution in [0.4, 0.5) is 0 Å². The quantitative estimate of drug-likeness (QED) is 0.530. The molecule has 0 unspecified atom stereocenters. The Morgan fingerprint density at radius 1 is 1.62 bits per heavy atom. The zero-order valence-corrected chi connectivity index (χ0v) is 6.76. The average molecular weight is 221 g/mol. The van der Waals surface area contributed by atoms with E-state index in [-0.39, 0.29) is 0 Å². The fourth-order valence-electron chi connectivity index (χ4n) is 0.362. The van der Waals surface area contributed by atoms with Crippen molar-refractivity contribution in [2.24, 2.45) is 0 Å². The topological polar surface area (TPSA) is 23.8 Å². The third kappa shape index (κ3) is 5.96. The molecule has 8 heavy (non-hydrogen) atoms. The molecule has 44 valence electrons. The van der Waals surface area contributed by atoms with Gasteiger partial charge >= 0.3 is 0 Å². The summed E-state index contributed by atoms with van der Waals surface area (Å²) < 4.78 is 1.98. The van der Waals surface area contributed by atoms with Crippen LogP contribution in [0, 0.1) is 11.3 Å². The largest absolute Gasteiger partial charge is 0.198 e. The van der Waals surface area contributed by atoms with Crippen molar-refractivity contribution in [3.63, 3.8) is 0 Å². The molecule has 0 fully saturated rings. The van der Waals surface area contributed by atoms with Gasteiger partial charge in [0.2, 0.25) is 0 Å². The van der Waals surface area contributed by atoms with E-state index in [2.05, 4.69) is 34.7 Å². The summed E-state index contributed by atoms with van der Waals surface area (Å²) in [5.74, 6) is 0. The van der Waals surface area contributed by atoms with Gasteiger partial charge in [0, 0.05) is 6.42 Å². The maximum atomic E-state index is 8.09. The molecule has 0 atom stereocenters. The summed E-state index contributed by atoms with van der Waals surface area (Å²) in [5, 5.41) is 8.09. The van der Waals surface area contributed by atoms with Crippen LogP contribution >= 0.6 is 22.6 Å². The Bertz CT molecular complexity index is 102. The van der Waals surface area contributed by atoms with E-state index in [1.165, 1.54) is 0 Å². The van der Waals surface area contributed by atoms with Crippen LogP contribution in [0.15, 0.2) is 10.2 Å². The first-order valence-electron chi connectivity index (χ1n) is 2.54. The van der Waals surface area contributed by atoms with Crippen LogP contribution in [-0.2, 0) is 0 Å². The smallest absolute Gasteiger partial charge is 0.0621 e. The molecular formula is C6H8IN. The van der Waals surface area contributed by atoms with E-state index < -0.39 is 0 Å². The Balaban J connectivity index is 2.85. The minimum Gasteiger partial charge on any atom is -0.198 e. The van der Waals surface area contributed by atoms with Crippen LogP contribution in [0.2, 0.25) is 0 Å². The Labute approximate surface area is 63.5 Å². The summed E-state index contributed by atoms with van der Waals surface area (Å²) in [7, 11) is 0. The molecule has 0 radical (unpaired) electrons. The van der Waals surface area contributed by atoms with Crippen molar-refractivity contribution in [1.29, 1.82) is 5.26 Å². The van der Waals surface area contributed by atoms with E-state index in [4.69, 9.17) is 5.26 Å². The van der Waals surface area contributed by atoms with E-state index in [0.717, 1.165) is 12.8 Å². The molecule has 0 aliphatic carbocycles. The molecule has 0 aliphatic rings. The van der Waals surface area contributed by atoms with Crippen molar-refractivity contribution in [2.75, 3.05) is 0 Å². The SMILES string of the molecule is N#CCCC/C=C/I. The first-order valence-corrected chi connectivity index (χ1v) is 3.78. The van der Waals surface area contributed by atoms with Gasteiger partial charge in [-0.2, -0.15) is 5.26 Å². The summed E-state index contributed by atoms with van der Waals surface area (Å²) in [6.45, 7) is 0. The number of nitrogens with zero attached hydrogens (tertiary/aromatic N) is 1. The lowest BCUT2D eigenvalue weighted by Crippen LogP contribution is -1.65. The predicted octanol–water partition coefficient (Wildman–Crippen LogP) is 2.63. The molecule has 1 nitrogen and oxygen atoms in total. The second-order valence-electron chi connectivity index (χ2n) is 1.41. The monoisotopic (exact) mass is 221 g/mol. The Kier molecular flexibility index (Phi) is 6.93. The molecule has 0 spiro atoms. The molecule has 0 heterocycles. The van der Waals surface area contributed by atoms with Crippen LogP contribution in [0.1, 0.15) is 19.3 Å². The molecule has 0 rings (SSSR count). The molecular weight excluding hydrogens is 213 g/mol. The lowest BCUT2D eigenvalue weighted by Gasteiger charge is -1.81. The van der Waals surface area contributed by atoms with E-state index in [1.54, 1.807) is 0 Å². The van der Waals surface area contributed by atoms with Crippen LogP contribution < -0.4 is 0 Å². The van der Waals surface area contributed by atoms with Crippen molar-refractivity contribution >= 4 is 22.6 Å². The van der Waals surface area contributed by atoms with Crippen molar-refractivity contribution in [1.82, 2.24) is 0 Å². The Morgan fingerprint density at radius 2 is 2.38 bits per heavy atom. The normalized spacial score (nSPS) is 9.50. The first-order chi connectivity index (χ1) is 3.91.